The number of alkyl halides is 3. The monoisotopic (exact) mass is 362 g/mol. The van der Waals surface area contributed by atoms with E-state index < -0.39 is 35.4 Å². The zero-order valence-corrected chi connectivity index (χ0v) is 14.2. The van der Waals surface area contributed by atoms with E-state index in [1.165, 1.54) is 6.08 Å². The fourth-order valence-corrected chi connectivity index (χ4v) is 2.21. The van der Waals surface area contributed by atoms with E-state index in [-0.39, 0.29) is 12.1 Å². The zero-order chi connectivity index (χ0) is 19.3. The van der Waals surface area contributed by atoms with E-state index in [9.17, 15) is 27.6 Å². The lowest BCUT2D eigenvalue weighted by Gasteiger charge is -2.28. The number of nitrogens with one attached hydrogen (secondary N) is 2. The molecule has 1 unspecified atom stereocenters. The van der Waals surface area contributed by atoms with E-state index >= 15 is 0 Å². The van der Waals surface area contributed by atoms with Crippen molar-refractivity contribution in [2.75, 3.05) is 0 Å². The molecule has 0 aliphatic heterocycles. The molecule has 9 heteroatoms. The molecule has 1 rings (SSSR count). The van der Waals surface area contributed by atoms with E-state index in [4.69, 9.17) is 0 Å². The van der Waals surface area contributed by atoms with Gasteiger partial charge >= 0.3 is 18.2 Å². The molecule has 0 aromatic carbocycles. The zero-order valence-electron chi connectivity index (χ0n) is 14.2. The molecule has 2 amide bonds. The highest BCUT2D eigenvalue weighted by Crippen LogP contribution is 2.36. The van der Waals surface area contributed by atoms with Gasteiger partial charge in [-0.15, -0.1) is 13.2 Å². The number of aldehydes is 1. The number of hydrogen-bond acceptors (Lipinski definition) is 4. The first-order valence-corrected chi connectivity index (χ1v) is 7.72. The van der Waals surface area contributed by atoms with Crippen LogP contribution in [0.3, 0.4) is 0 Å². The van der Waals surface area contributed by atoms with Crippen LogP contribution in [0.15, 0.2) is 23.6 Å². The average molecular weight is 362 g/mol. The Morgan fingerprint density at radius 1 is 1.36 bits per heavy atom. The SMILES string of the molecule is CCCC(C=O)NC(=O)C(=O)NC1=C(OC(F)(F)F)CC(C)(C)C=C1. The summed E-state index contributed by atoms with van der Waals surface area (Å²) in [4.78, 5) is 34.5. The molecule has 25 heavy (non-hydrogen) atoms. The van der Waals surface area contributed by atoms with Gasteiger partial charge in [0.25, 0.3) is 0 Å². The van der Waals surface area contributed by atoms with Gasteiger partial charge < -0.3 is 20.2 Å². The smallest absolute Gasteiger partial charge is 0.408 e. The Hall–Kier alpha value is -2.32. The van der Waals surface area contributed by atoms with Gasteiger partial charge in [0.1, 0.15) is 12.0 Å². The van der Waals surface area contributed by atoms with Gasteiger partial charge in [-0.05, 0) is 17.9 Å². The summed E-state index contributed by atoms with van der Waals surface area (Å²) in [6.45, 7) is 5.20. The van der Waals surface area contributed by atoms with Gasteiger partial charge in [0, 0.05) is 6.42 Å². The molecule has 0 fully saturated rings. The molecule has 1 atom stereocenters. The van der Waals surface area contributed by atoms with Crippen molar-refractivity contribution in [2.45, 2.75) is 52.4 Å². The Kier molecular flexibility index (Phi) is 6.78. The second-order valence-corrected chi connectivity index (χ2v) is 6.34. The molecule has 0 radical (unpaired) electrons. The third-order valence-electron chi connectivity index (χ3n) is 3.39. The van der Waals surface area contributed by atoms with Crippen molar-refractivity contribution in [1.82, 2.24) is 10.6 Å². The minimum Gasteiger partial charge on any atom is -0.408 e. The van der Waals surface area contributed by atoms with Crippen molar-refractivity contribution in [2.24, 2.45) is 5.41 Å². The van der Waals surface area contributed by atoms with Gasteiger partial charge in [-0.1, -0.05) is 33.3 Å². The molecule has 1 aliphatic rings. The molecule has 0 aromatic heterocycles. The van der Waals surface area contributed by atoms with Gasteiger partial charge in [0.15, 0.2) is 0 Å². The third kappa shape index (κ3) is 6.98. The number of carbonyl (C=O) groups is 3. The van der Waals surface area contributed by atoms with Crippen LogP contribution in [0, 0.1) is 5.41 Å². The van der Waals surface area contributed by atoms with Crippen LogP contribution in [0.1, 0.15) is 40.0 Å². The minimum absolute atomic E-state index is 0.104. The lowest BCUT2D eigenvalue weighted by atomic mass is 9.84. The van der Waals surface area contributed by atoms with Crippen LogP contribution < -0.4 is 10.6 Å². The molecule has 2 N–H and O–H groups in total. The van der Waals surface area contributed by atoms with Crippen LogP contribution in [0.25, 0.3) is 0 Å². The van der Waals surface area contributed by atoms with Crippen molar-refractivity contribution >= 4 is 18.1 Å². The molecule has 0 saturated heterocycles. The Labute approximate surface area is 143 Å². The highest BCUT2D eigenvalue weighted by molar-refractivity contribution is 6.35. The first-order chi connectivity index (χ1) is 11.5. The maximum Gasteiger partial charge on any atom is 0.572 e. The Balaban J connectivity index is 2.88. The lowest BCUT2D eigenvalue weighted by Crippen LogP contribution is -2.45. The summed E-state index contributed by atoms with van der Waals surface area (Å²) in [6, 6.07) is -0.830. The van der Waals surface area contributed by atoms with E-state index in [1.54, 1.807) is 26.8 Å². The van der Waals surface area contributed by atoms with E-state index in [0.29, 0.717) is 19.1 Å². The van der Waals surface area contributed by atoms with E-state index in [1.807, 2.05) is 0 Å². The van der Waals surface area contributed by atoms with Gasteiger partial charge in [-0.3, -0.25) is 9.59 Å². The first-order valence-electron chi connectivity index (χ1n) is 7.72. The second-order valence-electron chi connectivity index (χ2n) is 6.34. The fourth-order valence-electron chi connectivity index (χ4n) is 2.21. The molecule has 6 nitrogen and oxygen atoms in total. The Bertz CT molecular complexity index is 595. The number of rotatable bonds is 6. The van der Waals surface area contributed by atoms with Crippen LogP contribution in [0.2, 0.25) is 0 Å². The van der Waals surface area contributed by atoms with Crippen molar-refractivity contribution in [3.8, 4) is 0 Å². The second kappa shape index (κ2) is 8.17. The minimum atomic E-state index is -4.92. The van der Waals surface area contributed by atoms with Gasteiger partial charge in [0.05, 0.1) is 11.7 Å². The summed E-state index contributed by atoms with van der Waals surface area (Å²) in [5.74, 6) is -2.77. The first kappa shape index (κ1) is 20.7. The number of amides is 2. The normalized spacial score (nSPS) is 17.7. The fraction of sp³-hybridized carbons (Fsp3) is 0.562. The quantitative estimate of drug-likeness (QED) is 0.561. The summed E-state index contributed by atoms with van der Waals surface area (Å²) >= 11 is 0. The molecule has 0 saturated carbocycles. The topological polar surface area (TPSA) is 84.5 Å². The van der Waals surface area contributed by atoms with E-state index in [0.717, 1.165) is 0 Å². The molecule has 0 spiro atoms. The van der Waals surface area contributed by atoms with Crippen LogP contribution in [0.5, 0.6) is 0 Å². The molecule has 0 aromatic rings. The van der Waals surface area contributed by atoms with Gasteiger partial charge in [0.2, 0.25) is 0 Å². The molecule has 0 bridgehead atoms. The summed E-state index contributed by atoms with van der Waals surface area (Å²) in [5, 5.41) is 4.31. The van der Waals surface area contributed by atoms with Gasteiger partial charge in [-0.25, -0.2) is 0 Å². The van der Waals surface area contributed by atoms with Crippen LogP contribution >= 0.6 is 0 Å². The Morgan fingerprint density at radius 2 is 2.00 bits per heavy atom. The van der Waals surface area contributed by atoms with Crippen molar-refractivity contribution < 1.29 is 32.3 Å². The summed E-state index contributed by atoms with van der Waals surface area (Å²) in [6.07, 6.45) is -0.700. The number of halogens is 3. The Morgan fingerprint density at radius 3 is 2.52 bits per heavy atom. The largest absolute Gasteiger partial charge is 0.572 e. The van der Waals surface area contributed by atoms with Crippen LogP contribution in [-0.4, -0.2) is 30.5 Å². The van der Waals surface area contributed by atoms with Crippen molar-refractivity contribution in [3.63, 3.8) is 0 Å². The highest BCUT2D eigenvalue weighted by atomic mass is 19.4. The third-order valence-corrected chi connectivity index (χ3v) is 3.39. The summed E-state index contributed by atoms with van der Waals surface area (Å²) < 4.78 is 41.6. The molecule has 0 heterocycles. The maximum absolute atomic E-state index is 12.6. The van der Waals surface area contributed by atoms with Crippen molar-refractivity contribution in [1.29, 1.82) is 0 Å². The summed E-state index contributed by atoms with van der Waals surface area (Å²) in [7, 11) is 0. The predicted octanol–water partition coefficient (Wildman–Crippen LogP) is 2.32. The maximum atomic E-state index is 12.6. The molecular weight excluding hydrogens is 341 g/mol. The van der Waals surface area contributed by atoms with Crippen LogP contribution in [0.4, 0.5) is 13.2 Å². The number of allylic oxidation sites excluding steroid dienone is 3. The van der Waals surface area contributed by atoms with Gasteiger partial charge in [-0.2, -0.15) is 0 Å². The molecule has 140 valence electrons. The number of ether oxygens (including phenoxy) is 1. The predicted molar refractivity (Wildman–Crippen MR) is 82.7 cm³/mol. The van der Waals surface area contributed by atoms with Crippen LogP contribution in [-0.2, 0) is 19.1 Å². The van der Waals surface area contributed by atoms with E-state index in [2.05, 4.69) is 15.4 Å². The molecule has 1 aliphatic carbocycles. The summed E-state index contributed by atoms with van der Waals surface area (Å²) in [5.41, 5.74) is -0.837. The van der Waals surface area contributed by atoms with Crippen molar-refractivity contribution in [3.05, 3.63) is 23.6 Å². The number of hydrogen-bond donors (Lipinski definition) is 2. The standard InChI is InChI=1S/C16H21F3N2O4/c1-4-5-10(9-22)20-13(23)14(24)21-11-6-7-15(2,3)8-12(11)25-16(17,18)19/h6-7,9-10H,4-5,8H2,1-3H3,(H,20,23)(H,21,24). The average Bonchev–Trinajstić information content (AvgIpc) is 2.47. The number of carbonyl (C=O) groups excluding carboxylic acids is 3. The molecular formula is C16H21F3N2O4. The lowest BCUT2D eigenvalue weighted by molar-refractivity contribution is -0.307. The highest BCUT2D eigenvalue weighted by Gasteiger charge is 2.36.